The summed E-state index contributed by atoms with van der Waals surface area (Å²) in [5, 5.41) is 3.35. The van der Waals surface area contributed by atoms with Crippen LogP contribution in [0.25, 0.3) is 0 Å². The molecule has 0 radical (unpaired) electrons. The number of carbonyl (C=O) groups excluding carboxylic acids is 2. The third-order valence-electron chi connectivity index (χ3n) is 4.85. The van der Waals surface area contributed by atoms with E-state index in [1.165, 1.54) is 0 Å². The summed E-state index contributed by atoms with van der Waals surface area (Å²) in [6.07, 6.45) is 0. The summed E-state index contributed by atoms with van der Waals surface area (Å²) >= 11 is 7.46. The minimum Gasteiger partial charge on any atom is -0.494 e. The van der Waals surface area contributed by atoms with Gasteiger partial charge < -0.3 is 10.1 Å². The first kappa shape index (κ1) is 21.3. The van der Waals surface area contributed by atoms with Crippen molar-refractivity contribution < 1.29 is 14.3 Å². The second kappa shape index (κ2) is 9.45. The summed E-state index contributed by atoms with van der Waals surface area (Å²) in [5.74, 6) is 1.07. The molecule has 0 unspecified atom stereocenters. The lowest BCUT2D eigenvalue weighted by atomic mass is 10.1. The lowest BCUT2D eigenvalue weighted by Crippen LogP contribution is -2.27. The Morgan fingerprint density at radius 3 is 2.39 bits per heavy atom. The highest BCUT2D eigenvalue weighted by molar-refractivity contribution is 8.00. The molecule has 1 fully saturated rings. The number of amides is 2. The van der Waals surface area contributed by atoms with Crippen LogP contribution in [0.2, 0.25) is 5.02 Å². The monoisotopic (exact) mass is 452 g/mol. The van der Waals surface area contributed by atoms with E-state index >= 15 is 0 Å². The van der Waals surface area contributed by atoms with Crippen LogP contribution in [0.15, 0.2) is 72.8 Å². The van der Waals surface area contributed by atoms with Gasteiger partial charge in [-0.3, -0.25) is 14.5 Å². The quantitative estimate of drug-likeness (QED) is 0.515. The summed E-state index contributed by atoms with van der Waals surface area (Å²) in [6, 6.07) is 21.9. The highest BCUT2D eigenvalue weighted by atomic mass is 35.5. The van der Waals surface area contributed by atoms with Gasteiger partial charge >= 0.3 is 0 Å². The molecule has 1 aliphatic heterocycles. The minimum atomic E-state index is -0.203. The molecule has 31 heavy (non-hydrogen) atoms. The Morgan fingerprint density at radius 1 is 1.06 bits per heavy atom. The number of ether oxygens (including phenoxy) is 1. The van der Waals surface area contributed by atoms with E-state index in [0.29, 0.717) is 28.6 Å². The van der Waals surface area contributed by atoms with Gasteiger partial charge in [0.05, 0.1) is 12.4 Å². The maximum atomic E-state index is 12.6. The van der Waals surface area contributed by atoms with Gasteiger partial charge in [-0.25, -0.2) is 0 Å². The fourth-order valence-electron chi connectivity index (χ4n) is 3.36. The maximum Gasteiger partial charge on any atom is 0.255 e. The highest BCUT2D eigenvalue weighted by Crippen LogP contribution is 2.42. The van der Waals surface area contributed by atoms with Gasteiger partial charge in [-0.05, 0) is 73.2 Å². The summed E-state index contributed by atoms with van der Waals surface area (Å²) in [4.78, 5) is 26.8. The normalized spacial score (nSPS) is 15.7. The summed E-state index contributed by atoms with van der Waals surface area (Å²) in [7, 11) is 0. The Kier molecular flexibility index (Phi) is 6.49. The molecule has 158 valence electrons. The third kappa shape index (κ3) is 4.86. The van der Waals surface area contributed by atoms with Crippen LogP contribution in [-0.2, 0) is 4.79 Å². The smallest absolute Gasteiger partial charge is 0.255 e. The molecule has 1 heterocycles. The van der Waals surface area contributed by atoms with Crippen molar-refractivity contribution >= 4 is 46.6 Å². The van der Waals surface area contributed by atoms with Crippen LogP contribution >= 0.6 is 23.4 Å². The van der Waals surface area contributed by atoms with Crippen LogP contribution in [0, 0.1) is 0 Å². The molecule has 0 saturated carbocycles. The number of halogens is 1. The van der Waals surface area contributed by atoms with E-state index in [-0.39, 0.29) is 17.2 Å². The molecule has 0 spiro atoms. The molecular weight excluding hydrogens is 432 g/mol. The Labute approximate surface area is 190 Å². The molecule has 1 aliphatic rings. The number of hydrogen-bond donors (Lipinski definition) is 1. The molecular formula is C24H21ClN2O3S. The molecule has 5 nitrogen and oxygen atoms in total. The lowest BCUT2D eigenvalue weighted by molar-refractivity contribution is -0.115. The van der Waals surface area contributed by atoms with E-state index < -0.39 is 0 Å². The van der Waals surface area contributed by atoms with Crippen LogP contribution in [0.4, 0.5) is 11.4 Å². The first-order valence-corrected chi connectivity index (χ1v) is 11.3. The number of hydrogen-bond acceptors (Lipinski definition) is 4. The highest BCUT2D eigenvalue weighted by Gasteiger charge is 2.34. The Hall–Kier alpha value is -2.96. The lowest BCUT2D eigenvalue weighted by Gasteiger charge is -2.24. The zero-order chi connectivity index (χ0) is 21.8. The standard InChI is InChI=1S/C24H21ClN2O3S/c1-2-30-21-13-11-20(12-14-21)27-22(28)15-31-24(27)17-5-9-19(10-6-17)26-23(29)16-3-7-18(25)8-4-16/h3-14,24H,2,15H2,1H3,(H,26,29)/t24-/m1/s1. The fraction of sp³-hybridized carbons (Fsp3) is 0.167. The van der Waals surface area contributed by atoms with Crippen molar-refractivity contribution in [3.05, 3.63) is 88.9 Å². The van der Waals surface area contributed by atoms with Crippen molar-refractivity contribution in [1.29, 1.82) is 0 Å². The molecule has 4 rings (SSSR count). The van der Waals surface area contributed by atoms with E-state index in [9.17, 15) is 9.59 Å². The number of benzene rings is 3. The Bertz CT molecular complexity index is 1070. The number of nitrogens with zero attached hydrogens (tertiary/aromatic N) is 1. The van der Waals surface area contributed by atoms with Gasteiger partial charge in [-0.2, -0.15) is 0 Å². The van der Waals surface area contributed by atoms with Gasteiger partial charge in [-0.1, -0.05) is 23.7 Å². The SMILES string of the molecule is CCOc1ccc(N2C(=O)CS[C@@H]2c2ccc(NC(=O)c3ccc(Cl)cc3)cc2)cc1. The minimum absolute atomic E-state index is 0.0688. The van der Waals surface area contributed by atoms with Gasteiger partial charge in [0, 0.05) is 22.0 Å². The van der Waals surface area contributed by atoms with Crippen LogP contribution < -0.4 is 15.0 Å². The molecule has 0 bridgehead atoms. The second-order valence-electron chi connectivity index (χ2n) is 6.94. The van der Waals surface area contributed by atoms with Crippen molar-refractivity contribution in [1.82, 2.24) is 0 Å². The molecule has 0 aliphatic carbocycles. The Balaban J connectivity index is 1.48. The maximum absolute atomic E-state index is 12.6. The molecule has 3 aromatic rings. The summed E-state index contributed by atoms with van der Waals surface area (Å²) in [5.41, 5.74) is 3.05. The van der Waals surface area contributed by atoms with Crippen LogP contribution in [-0.4, -0.2) is 24.2 Å². The van der Waals surface area contributed by atoms with Gasteiger partial charge in [0.15, 0.2) is 0 Å². The van der Waals surface area contributed by atoms with E-state index in [2.05, 4.69) is 5.32 Å². The predicted octanol–water partition coefficient (Wildman–Crippen LogP) is 5.77. The van der Waals surface area contributed by atoms with Gasteiger partial charge in [0.1, 0.15) is 11.1 Å². The number of thioether (sulfide) groups is 1. The van der Waals surface area contributed by atoms with E-state index in [1.807, 2.05) is 60.4 Å². The van der Waals surface area contributed by atoms with Crippen molar-refractivity contribution in [3.63, 3.8) is 0 Å². The number of nitrogens with one attached hydrogen (secondary N) is 1. The predicted molar refractivity (Wildman–Crippen MR) is 126 cm³/mol. The zero-order valence-electron chi connectivity index (χ0n) is 16.9. The molecule has 3 aromatic carbocycles. The average Bonchev–Trinajstić information content (AvgIpc) is 3.17. The third-order valence-corrected chi connectivity index (χ3v) is 6.32. The van der Waals surface area contributed by atoms with Gasteiger partial charge in [0.2, 0.25) is 5.91 Å². The zero-order valence-corrected chi connectivity index (χ0v) is 18.5. The fourth-order valence-corrected chi connectivity index (χ4v) is 4.66. The van der Waals surface area contributed by atoms with Crippen molar-refractivity contribution in [2.24, 2.45) is 0 Å². The average molecular weight is 453 g/mol. The van der Waals surface area contributed by atoms with Gasteiger partial charge in [0.25, 0.3) is 5.91 Å². The largest absolute Gasteiger partial charge is 0.494 e. The number of rotatable bonds is 6. The van der Waals surface area contributed by atoms with Crippen LogP contribution in [0.1, 0.15) is 28.2 Å². The first-order chi connectivity index (χ1) is 15.0. The van der Waals surface area contributed by atoms with Gasteiger partial charge in [-0.15, -0.1) is 11.8 Å². The summed E-state index contributed by atoms with van der Waals surface area (Å²) < 4.78 is 5.49. The molecule has 1 N–H and O–H groups in total. The van der Waals surface area contributed by atoms with Crippen molar-refractivity contribution in [2.75, 3.05) is 22.6 Å². The van der Waals surface area contributed by atoms with E-state index in [4.69, 9.17) is 16.3 Å². The molecule has 0 aromatic heterocycles. The van der Waals surface area contributed by atoms with Crippen molar-refractivity contribution in [2.45, 2.75) is 12.3 Å². The Morgan fingerprint density at radius 2 is 1.74 bits per heavy atom. The first-order valence-electron chi connectivity index (χ1n) is 9.88. The molecule has 1 atom stereocenters. The van der Waals surface area contributed by atoms with E-state index in [1.54, 1.807) is 36.0 Å². The summed E-state index contributed by atoms with van der Waals surface area (Å²) in [6.45, 7) is 2.54. The van der Waals surface area contributed by atoms with Crippen molar-refractivity contribution in [3.8, 4) is 5.75 Å². The van der Waals surface area contributed by atoms with E-state index in [0.717, 1.165) is 17.0 Å². The molecule has 7 heteroatoms. The topological polar surface area (TPSA) is 58.6 Å². The number of carbonyl (C=O) groups is 2. The second-order valence-corrected chi connectivity index (χ2v) is 8.44. The van der Waals surface area contributed by atoms with Crippen LogP contribution in [0.5, 0.6) is 5.75 Å². The number of anilines is 2. The molecule has 2 amide bonds. The van der Waals surface area contributed by atoms with Crippen LogP contribution in [0.3, 0.4) is 0 Å². The molecule has 1 saturated heterocycles.